The summed E-state index contributed by atoms with van der Waals surface area (Å²) in [6.45, 7) is 2.85. The molecule has 1 atom stereocenters. The van der Waals surface area contributed by atoms with E-state index in [2.05, 4.69) is 39.4 Å². The third kappa shape index (κ3) is 4.36. The lowest BCUT2D eigenvalue weighted by Gasteiger charge is -2.17. The zero-order valence-electron chi connectivity index (χ0n) is 19.8. The zero-order chi connectivity index (χ0) is 24.5. The number of rotatable bonds is 7. The van der Waals surface area contributed by atoms with Crippen LogP contribution in [0.3, 0.4) is 0 Å². The summed E-state index contributed by atoms with van der Waals surface area (Å²) in [4.78, 5) is 2.69. The van der Waals surface area contributed by atoms with Crippen molar-refractivity contribution in [3.8, 4) is 5.75 Å². The van der Waals surface area contributed by atoms with Gasteiger partial charge in [-0.1, -0.05) is 66.7 Å². The molecule has 6 nitrogen and oxygen atoms in total. The molecule has 36 heavy (non-hydrogen) atoms. The second kappa shape index (κ2) is 9.41. The lowest BCUT2D eigenvalue weighted by molar-refractivity contribution is 0.201. The predicted molar refractivity (Wildman–Crippen MR) is 141 cm³/mol. The first-order chi connectivity index (χ1) is 17.6. The van der Waals surface area contributed by atoms with Crippen molar-refractivity contribution < 1.29 is 13.2 Å². The van der Waals surface area contributed by atoms with Crippen molar-refractivity contribution in [1.82, 2.24) is 15.1 Å². The number of aromatic nitrogens is 2. The molecule has 182 valence electrons. The maximum Gasteiger partial charge on any atom is 0.224 e. The highest BCUT2D eigenvalue weighted by atomic mass is 32.2. The summed E-state index contributed by atoms with van der Waals surface area (Å²) in [5.74, 6) is 0.660. The van der Waals surface area contributed by atoms with Crippen LogP contribution >= 0.6 is 0 Å². The summed E-state index contributed by atoms with van der Waals surface area (Å²) in [6, 6.07) is 28.8. The number of sulfone groups is 1. The van der Waals surface area contributed by atoms with Gasteiger partial charge in [0.1, 0.15) is 11.9 Å². The van der Waals surface area contributed by atoms with Gasteiger partial charge >= 0.3 is 0 Å². The number of ether oxygens (including phenoxy) is 1. The lowest BCUT2D eigenvalue weighted by Crippen LogP contribution is -2.26. The summed E-state index contributed by atoms with van der Waals surface area (Å²) in [5.41, 5.74) is 1.93. The van der Waals surface area contributed by atoms with Gasteiger partial charge in [-0.2, -0.15) is 5.10 Å². The van der Waals surface area contributed by atoms with Crippen molar-refractivity contribution in [2.45, 2.75) is 28.9 Å². The Balaban J connectivity index is 1.22. The van der Waals surface area contributed by atoms with E-state index in [4.69, 9.17) is 4.74 Å². The molecule has 4 aromatic carbocycles. The molecule has 6 rings (SSSR count). The number of hydrogen-bond acceptors (Lipinski definition) is 5. The Kier molecular flexibility index (Phi) is 5.95. The van der Waals surface area contributed by atoms with E-state index in [-0.39, 0.29) is 16.0 Å². The van der Waals surface area contributed by atoms with E-state index in [0.717, 1.165) is 37.9 Å². The first-order valence-corrected chi connectivity index (χ1v) is 13.7. The fourth-order valence-electron chi connectivity index (χ4n) is 5.00. The van der Waals surface area contributed by atoms with Gasteiger partial charge in [-0.3, -0.25) is 10.00 Å². The van der Waals surface area contributed by atoms with Crippen molar-refractivity contribution in [1.29, 1.82) is 0 Å². The minimum atomic E-state index is -3.82. The SMILES string of the molecule is O=S(=O)(c1cccc2ccccc12)c1[nH]nc2ccc(OC3CCN(CCc4ccccc4)C3)cc12. The van der Waals surface area contributed by atoms with Crippen LogP contribution in [0.25, 0.3) is 21.7 Å². The van der Waals surface area contributed by atoms with Crippen LogP contribution in [0.2, 0.25) is 0 Å². The highest BCUT2D eigenvalue weighted by Gasteiger charge is 2.27. The average molecular weight is 498 g/mol. The molecule has 5 aromatic rings. The largest absolute Gasteiger partial charge is 0.489 e. The van der Waals surface area contributed by atoms with Gasteiger partial charge < -0.3 is 4.74 Å². The van der Waals surface area contributed by atoms with Crippen LogP contribution in [0.5, 0.6) is 5.75 Å². The van der Waals surface area contributed by atoms with Gasteiger partial charge in [0.25, 0.3) is 0 Å². The molecule has 0 aliphatic carbocycles. The topological polar surface area (TPSA) is 75.3 Å². The van der Waals surface area contributed by atoms with Crippen molar-refractivity contribution in [3.63, 3.8) is 0 Å². The fourth-order valence-corrected chi connectivity index (χ4v) is 6.58. The Hall–Kier alpha value is -3.68. The van der Waals surface area contributed by atoms with E-state index in [1.165, 1.54) is 5.56 Å². The van der Waals surface area contributed by atoms with Gasteiger partial charge in [-0.25, -0.2) is 8.42 Å². The quantitative estimate of drug-likeness (QED) is 0.333. The van der Waals surface area contributed by atoms with Crippen LogP contribution in [-0.4, -0.2) is 49.3 Å². The fraction of sp³-hybridized carbons (Fsp3) is 0.207. The Labute approximate surface area is 210 Å². The molecule has 1 aliphatic rings. The normalized spacial score (nSPS) is 16.6. The van der Waals surface area contributed by atoms with Gasteiger partial charge in [0.05, 0.1) is 10.4 Å². The summed E-state index contributed by atoms with van der Waals surface area (Å²) >= 11 is 0. The van der Waals surface area contributed by atoms with Gasteiger partial charge in [0.15, 0.2) is 5.03 Å². The Morgan fingerprint density at radius 2 is 1.72 bits per heavy atom. The monoisotopic (exact) mass is 497 g/mol. The Morgan fingerprint density at radius 1 is 0.917 bits per heavy atom. The molecule has 1 unspecified atom stereocenters. The van der Waals surface area contributed by atoms with Crippen molar-refractivity contribution >= 4 is 31.5 Å². The number of nitrogens with zero attached hydrogens (tertiary/aromatic N) is 2. The molecule has 0 bridgehead atoms. The summed E-state index contributed by atoms with van der Waals surface area (Å²) in [6.07, 6.45) is 2.03. The number of nitrogens with one attached hydrogen (secondary N) is 1. The van der Waals surface area contributed by atoms with Crippen LogP contribution in [0.1, 0.15) is 12.0 Å². The highest BCUT2D eigenvalue weighted by Crippen LogP contribution is 2.33. The molecule has 2 heterocycles. The summed E-state index contributed by atoms with van der Waals surface area (Å²) in [7, 11) is -3.82. The summed E-state index contributed by atoms with van der Waals surface area (Å²) in [5, 5.41) is 9.24. The molecule has 7 heteroatoms. The molecule has 0 amide bonds. The first-order valence-electron chi connectivity index (χ1n) is 12.2. The van der Waals surface area contributed by atoms with E-state index in [1.54, 1.807) is 18.2 Å². The molecule has 1 saturated heterocycles. The molecular weight excluding hydrogens is 470 g/mol. The van der Waals surface area contributed by atoms with E-state index in [0.29, 0.717) is 22.0 Å². The van der Waals surface area contributed by atoms with Crippen molar-refractivity contribution in [2.24, 2.45) is 0 Å². The Morgan fingerprint density at radius 3 is 2.61 bits per heavy atom. The molecule has 0 spiro atoms. The molecule has 1 N–H and O–H groups in total. The van der Waals surface area contributed by atoms with Gasteiger partial charge in [0, 0.05) is 30.4 Å². The van der Waals surface area contributed by atoms with Crippen LogP contribution in [0.15, 0.2) is 101 Å². The van der Waals surface area contributed by atoms with Crippen molar-refractivity contribution in [3.05, 3.63) is 96.6 Å². The molecule has 1 aliphatic heterocycles. The van der Waals surface area contributed by atoms with Crippen molar-refractivity contribution in [2.75, 3.05) is 19.6 Å². The predicted octanol–water partition coefficient (Wildman–Crippen LogP) is 5.24. The van der Waals surface area contributed by atoms with Crippen LogP contribution in [-0.2, 0) is 16.3 Å². The lowest BCUT2D eigenvalue weighted by atomic mass is 10.1. The van der Waals surface area contributed by atoms with Crippen LogP contribution < -0.4 is 4.74 Å². The standard InChI is InChI=1S/C29H27N3O3S/c33-36(34,28-12-6-10-22-9-4-5-11-25(22)28)29-26-19-23(13-14-27(26)30-31-29)35-24-16-18-32(20-24)17-15-21-7-2-1-3-8-21/h1-14,19,24H,15-18,20H2,(H,30,31). The maximum atomic E-state index is 13.7. The third-order valence-electron chi connectivity index (χ3n) is 6.89. The zero-order valence-corrected chi connectivity index (χ0v) is 20.6. The minimum absolute atomic E-state index is 0.0725. The highest BCUT2D eigenvalue weighted by molar-refractivity contribution is 7.91. The number of benzene rings is 4. The number of aromatic amines is 1. The second-order valence-electron chi connectivity index (χ2n) is 9.28. The number of fused-ring (bicyclic) bond motifs is 2. The van der Waals surface area contributed by atoms with E-state index in [9.17, 15) is 8.42 Å². The van der Waals surface area contributed by atoms with Crippen LogP contribution in [0, 0.1) is 0 Å². The average Bonchev–Trinajstić information content (AvgIpc) is 3.55. The molecule has 0 radical (unpaired) electrons. The molecule has 0 saturated carbocycles. The smallest absolute Gasteiger partial charge is 0.224 e. The Bertz CT molecular complexity index is 1620. The third-order valence-corrected chi connectivity index (χ3v) is 8.67. The van der Waals surface area contributed by atoms with E-state index < -0.39 is 9.84 Å². The van der Waals surface area contributed by atoms with E-state index in [1.807, 2.05) is 48.5 Å². The minimum Gasteiger partial charge on any atom is -0.489 e. The second-order valence-corrected chi connectivity index (χ2v) is 11.1. The molecule has 1 aromatic heterocycles. The summed E-state index contributed by atoms with van der Waals surface area (Å²) < 4.78 is 33.7. The number of H-pyrrole nitrogens is 1. The number of likely N-dealkylation sites (tertiary alicyclic amines) is 1. The van der Waals surface area contributed by atoms with E-state index >= 15 is 0 Å². The first kappa shape index (κ1) is 22.8. The van der Waals surface area contributed by atoms with Gasteiger partial charge in [-0.05, 0) is 48.1 Å². The van der Waals surface area contributed by atoms with Crippen LogP contribution in [0.4, 0.5) is 0 Å². The number of hydrogen-bond donors (Lipinski definition) is 1. The van der Waals surface area contributed by atoms with Gasteiger partial charge in [0.2, 0.25) is 9.84 Å². The molecule has 1 fully saturated rings. The van der Waals surface area contributed by atoms with Gasteiger partial charge in [-0.15, -0.1) is 0 Å². The maximum absolute atomic E-state index is 13.7. The molecular formula is C29H27N3O3S.